The quantitative estimate of drug-likeness (QED) is 0.485. The van der Waals surface area contributed by atoms with Gasteiger partial charge in [-0.2, -0.15) is 0 Å². The largest absolute Gasteiger partial charge is 0.400 e. The Morgan fingerprint density at radius 2 is 1.32 bits per heavy atom. The number of ketones is 1. The van der Waals surface area contributed by atoms with Crippen LogP contribution in [0.25, 0.3) is 0 Å². The Balaban J connectivity index is 2.40. The normalized spacial score (nSPS) is 13.6. The summed E-state index contributed by atoms with van der Waals surface area (Å²) in [7, 11) is -2.76. The summed E-state index contributed by atoms with van der Waals surface area (Å²) in [6.07, 6.45) is -0.679. The van der Waals surface area contributed by atoms with E-state index in [9.17, 15) is 4.79 Å². The summed E-state index contributed by atoms with van der Waals surface area (Å²) >= 11 is 0. The molecule has 0 fully saturated rings. The van der Waals surface area contributed by atoms with Crippen LogP contribution in [-0.2, 0) is 18.7 Å². The van der Waals surface area contributed by atoms with Crippen molar-refractivity contribution in [2.75, 3.05) is 13.2 Å². The maximum atomic E-state index is 13.2. The predicted molar refractivity (Wildman–Crippen MR) is 130 cm³/mol. The number of benzene rings is 2. The zero-order valence-electron chi connectivity index (χ0n) is 20.1. The summed E-state index contributed by atoms with van der Waals surface area (Å²) in [6, 6.07) is 20.7. The molecule has 0 aromatic heterocycles. The third-order valence-electron chi connectivity index (χ3n) is 5.22. The smallest absolute Gasteiger partial charge is 0.261 e. The highest BCUT2D eigenvalue weighted by Gasteiger charge is 2.50. The fourth-order valence-corrected chi connectivity index (χ4v) is 8.36. The van der Waals surface area contributed by atoms with Gasteiger partial charge in [0, 0.05) is 0 Å². The average molecular weight is 443 g/mol. The number of carbonyl (C=O) groups excluding carboxylic acids is 1. The van der Waals surface area contributed by atoms with Crippen molar-refractivity contribution in [2.45, 2.75) is 71.8 Å². The van der Waals surface area contributed by atoms with Gasteiger partial charge < -0.3 is 13.9 Å². The van der Waals surface area contributed by atoms with Gasteiger partial charge in [-0.1, -0.05) is 81.4 Å². The number of hydrogen-bond donors (Lipinski definition) is 0. The molecule has 31 heavy (non-hydrogen) atoms. The van der Waals surface area contributed by atoms with Crippen molar-refractivity contribution in [1.29, 1.82) is 0 Å². The minimum Gasteiger partial charge on any atom is -0.400 e. The van der Waals surface area contributed by atoms with Crippen LogP contribution < -0.4 is 10.4 Å². The number of hydrogen-bond acceptors (Lipinski definition) is 4. The molecule has 0 aliphatic rings. The van der Waals surface area contributed by atoms with Gasteiger partial charge in [-0.25, -0.2) is 0 Å². The van der Waals surface area contributed by atoms with Gasteiger partial charge >= 0.3 is 0 Å². The highest BCUT2D eigenvalue weighted by Crippen LogP contribution is 2.36. The van der Waals surface area contributed by atoms with Crippen LogP contribution in [0.15, 0.2) is 60.7 Å². The van der Waals surface area contributed by atoms with E-state index in [1.807, 2.05) is 64.1 Å². The monoisotopic (exact) mass is 442 g/mol. The summed E-state index contributed by atoms with van der Waals surface area (Å²) in [5, 5.41) is 2.13. The van der Waals surface area contributed by atoms with Gasteiger partial charge in [0.25, 0.3) is 8.32 Å². The van der Waals surface area contributed by atoms with Crippen LogP contribution >= 0.6 is 0 Å². The highest BCUT2D eigenvalue weighted by atomic mass is 28.4. The molecule has 4 nitrogen and oxygen atoms in total. The van der Waals surface area contributed by atoms with Gasteiger partial charge in [-0.15, -0.1) is 0 Å². The van der Waals surface area contributed by atoms with Crippen LogP contribution in [0.3, 0.4) is 0 Å². The minimum absolute atomic E-state index is 0.00781. The van der Waals surface area contributed by atoms with E-state index < -0.39 is 14.4 Å². The van der Waals surface area contributed by atoms with Gasteiger partial charge in [-0.05, 0) is 43.1 Å². The lowest BCUT2D eigenvalue weighted by molar-refractivity contribution is -0.142. The van der Waals surface area contributed by atoms with Crippen LogP contribution in [0, 0.1) is 0 Å². The molecule has 0 aliphatic heterocycles. The lowest BCUT2D eigenvalue weighted by Gasteiger charge is -2.43. The molecule has 0 spiro atoms. The van der Waals surface area contributed by atoms with E-state index in [1.54, 1.807) is 0 Å². The van der Waals surface area contributed by atoms with Gasteiger partial charge in [0.05, 0.1) is 25.4 Å². The van der Waals surface area contributed by atoms with Crippen molar-refractivity contribution in [1.82, 2.24) is 0 Å². The van der Waals surface area contributed by atoms with Crippen LogP contribution in [0.1, 0.15) is 48.5 Å². The Kier molecular flexibility index (Phi) is 9.19. The molecule has 1 atom stereocenters. The molecule has 0 radical (unpaired) electrons. The molecule has 0 heterocycles. The van der Waals surface area contributed by atoms with Crippen molar-refractivity contribution in [3.05, 3.63) is 60.7 Å². The van der Waals surface area contributed by atoms with Crippen molar-refractivity contribution < 1.29 is 18.7 Å². The Labute approximate surface area is 189 Å². The van der Waals surface area contributed by atoms with Crippen LogP contribution in [-0.4, -0.2) is 45.6 Å². The standard InChI is InChI=1S/C26H38O4Si/c1-20(2)28-19-25(30-21(3)4)24(27)18-29-31(26(5,6)7,22-14-10-8-11-15-22)23-16-12-9-13-17-23/h8-17,20-21,25H,18-19H2,1-7H3/t25-/m1/s1. The average Bonchev–Trinajstić information content (AvgIpc) is 2.71. The Bertz CT molecular complexity index is 758. The summed E-state index contributed by atoms with van der Waals surface area (Å²) in [4.78, 5) is 13.2. The molecule has 0 N–H and O–H groups in total. The summed E-state index contributed by atoms with van der Waals surface area (Å²) in [5.41, 5.74) is 0. The van der Waals surface area contributed by atoms with E-state index in [-0.39, 0.29) is 36.2 Å². The molecular formula is C26H38O4Si. The zero-order valence-corrected chi connectivity index (χ0v) is 21.1. The Morgan fingerprint density at radius 3 is 1.71 bits per heavy atom. The molecule has 0 saturated carbocycles. The van der Waals surface area contributed by atoms with Gasteiger partial charge in [0.2, 0.25) is 0 Å². The maximum absolute atomic E-state index is 13.2. The second-order valence-electron chi connectivity index (χ2n) is 9.47. The lowest BCUT2D eigenvalue weighted by Crippen LogP contribution is -2.67. The fourth-order valence-electron chi connectivity index (χ4n) is 3.85. The van der Waals surface area contributed by atoms with Gasteiger partial charge in [0.1, 0.15) is 6.10 Å². The van der Waals surface area contributed by atoms with Crippen molar-refractivity contribution in [3.8, 4) is 0 Å². The van der Waals surface area contributed by atoms with Crippen molar-refractivity contribution in [3.63, 3.8) is 0 Å². The first-order valence-electron chi connectivity index (χ1n) is 11.1. The third kappa shape index (κ3) is 6.59. The van der Waals surface area contributed by atoms with Crippen LogP contribution in [0.2, 0.25) is 5.04 Å². The second kappa shape index (κ2) is 11.2. The predicted octanol–water partition coefficient (Wildman–Crippen LogP) is 4.35. The molecule has 0 unspecified atom stereocenters. The molecule has 0 amide bonds. The molecule has 2 aromatic rings. The van der Waals surface area contributed by atoms with E-state index in [0.29, 0.717) is 0 Å². The molecule has 0 bridgehead atoms. The van der Waals surface area contributed by atoms with Crippen LogP contribution in [0.5, 0.6) is 0 Å². The van der Waals surface area contributed by atoms with E-state index in [4.69, 9.17) is 13.9 Å². The number of Topliss-reactive ketones (excluding diaryl/α,β-unsaturated/α-hetero) is 1. The number of carbonyl (C=O) groups is 1. The van der Waals surface area contributed by atoms with E-state index in [0.717, 1.165) is 10.4 Å². The molecular weight excluding hydrogens is 404 g/mol. The molecule has 2 rings (SSSR count). The Hall–Kier alpha value is -1.79. The molecule has 0 saturated heterocycles. The molecule has 2 aromatic carbocycles. The molecule has 0 aliphatic carbocycles. The second-order valence-corrected chi connectivity index (χ2v) is 13.8. The van der Waals surface area contributed by atoms with Crippen LogP contribution in [0.4, 0.5) is 0 Å². The number of rotatable bonds is 11. The first-order valence-corrected chi connectivity index (χ1v) is 13.0. The SMILES string of the molecule is CC(C)OC[C@@H](OC(C)C)C(=O)CO[Si](c1ccccc1)(c1ccccc1)C(C)(C)C. The number of ether oxygens (including phenoxy) is 2. The maximum Gasteiger partial charge on any atom is 0.261 e. The summed E-state index contributed by atoms with van der Waals surface area (Å²) in [5.74, 6) is -0.0812. The third-order valence-corrected chi connectivity index (χ3v) is 10.2. The topological polar surface area (TPSA) is 44.8 Å². The molecule has 5 heteroatoms. The van der Waals surface area contributed by atoms with Crippen molar-refractivity contribution in [2.24, 2.45) is 0 Å². The summed E-state index contributed by atoms with van der Waals surface area (Å²) in [6.45, 7) is 14.6. The van der Waals surface area contributed by atoms with E-state index in [1.165, 1.54) is 0 Å². The Morgan fingerprint density at radius 1 is 0.839 bits per heavy atom. The summed E-state index contributed by atoms with van der Waals surface area (Å²) < 4.78 is 18.3. The lowest BCUT2D eigenvalue weighted by atomic mass is 10.2. The van der Waals surface area contributed by atoms with E-state index in [2.05, 4.69) is 45.0 Å². The van der Waals surface area contributed by atoms with Gasteiger partial charge in [-0.3, -0.25) is 4.79 Å². The van der Waals surface area contributed by atoms with Gasteiger partial charge in [0.15, 0.2) is 5.78 Å². The highest BCUT2D eigenvalue weighted by molar-refractivity contribution is 6.99. The fraction of sp³-hybridized carbons (Fsp3) is 0.500. The van der Waals surface area contributed by atoms with E-state index >= 15 is 0 Å². The first-order chi connectivity index (χ1) is 14.6. The van der Waals surface area contributed by atoms with Crippen molar-refractivity contribution >= 4 is 24.5 Å². The first kappa shape index (κ1) is 25.5. The zero-order chi connectivity index (χ0) is 23.1. The molecule has 170 valence electrons. The minimum atomic E-state index is -2.76.